The van der Waals surface area contributed by atoms with Gasteiger partial charge in [0.2, 0.25) is 0 Å². The molecule has 112 valence electrons. The number of nitrogens with zero attached hydrogens (tertiary/aromatic N) is 2. The lowest BCUT2D eigenvalue weighted by atomic mass is 10.0. The summed E-state index contributed by atoms with van der Waals surface area (Å²) in [4.78, 5) is 12.5. The smallest absolute Gasteiger partial charge is 0.168 e. The average molecular weight is 349 g/mol. The molecule has 2 rings (SSSR count). The molecule has 0 aliphatic carbocycles. The second kappa shape index (κ2) is 7.03. The van der Waals surface area contributed by atoms with Crippen molar-refractivity contribution in [1.29, 1.82) is 0 Å². The van der Waals surface area contributed by atoms with E-state index in [1.54, 1.807) is 0 Å². The van der Waals surface area contributed by atoms with E-state index in [0.717, 1.165) is 40.8 Å². The van der Waals surface area contributed by atoms with Crippen molar-refractivity contribution in [2.24, 2.45) is 0 Å². The van der Waals surface area contributed by atoms with E-state index in [-0.39, 0.29) is 5.78 Å². The van der Waals surface area contributed by atoms with Crippen LogP contribution in [-0.4, -0.2) is 15.6 Å². The molecule has 0 fully saturated rings. The third-order valence-corrected chi connectivity index (χ3v) is 4.62. The van der Waals surface area contributed by atoms with Gasteiger partial charge >= 0.3 is 0 Å². The van der Waals surface area contributed by atoms with Crippen LogP contribution in [0.5, 0.6) is 0 Å². The molecule has 21 heavy (non-hydrogen) atoms. The molecule has 1 heterocycles. The highest BCUT2D eigenvalue weighted by Crippen LogP contribution is 2.24. The number of hydrogen-bond acceptors (Lipinski definition) is 2. The molecule has 0 atom stereocenters. The highest BCUT2D eigenvalue weighted by Gasteiger charge is 2.17. The third-order valence-electron chi connectivity index (χ3n) is 3.71. The molecule has 0 N–H and O–H groups in total. The minimum absolute atomic E-state index is 0.135. The van der Waals surface area contributed by atoms with Gasteiger partial charge in [0.05, 0.1) is 22.3 Å². The van der Waals surface area contributed by atoms with E-state index < -0.39 is 0 Å². The first-order chi connectivity index (χ1) is 10.1. The van der Waals surface area contributed by atoms with Crippen LogP contribution in [0, 0.1) is 0 Å². The lowest BCUT2D eigenvalue weighted by Gasteiger charge is -2.06. The molecule has 1 aromatic heterocycles. The Morgan fingerprint density at radius 3 is 2.33 bits per heavy atom. The molecule has 0 amide bonds. The van der Waals surface area contributed by atoms with E-state index in [9.17, 15) is 4.79 Å². The predicted octanol–water partition coefficient (Wildman–Crippen LogP) is 4.22. The molecule has 0 saturated heterocycles. The van der Waals surface area contributed by atoms with Crippen LogP contribution in [0.4, 0.5) is 0 Å². The standard InChI is InChI=1S/C17H21BrN2O/c1-4-12-7-9-13(10-8-12)16(21)11-15-17(18)14(5-2)19-20(15)6-3/h7-10H,4-6,11H2,1-3H3. The summed E-state index contributed by atoms with van der Waals surface area (Å²) in [6, 6.07) is 7.89. The van der Waals surface area contributed by atoms with Gasteiger partial charge < -0.3 is 0 Å². The molecule has 0 saturated carbocycles. The minimum Gasteiger partial charge on any atom is -0.294 e. The number of carbonyl (C=O) groups is 1. The van der Waals surface area contributed by atoms with Gasteiger partial charge in [-0.2, -0.15) is 5.10 Å². The number of rotatable bonds is 6. The monoisotopic (exact) mass is 348 g/mol. The number of benzene rings is 1. The van der Waals surface area contributed by atoms with Gasteiger partial charge in [-0.1, -0.05) is 38.1 Å². The molecule has 1 aromatic carbocycles. The molecule has 0 unspecified atom stereocenters. The van der Waals surface area contributed by atoms with Crippen LogP contribution >= 0.6 is 15.9 Å². The Balaban J connectivity index is 2.24. The molecule has 0 spiro atoms. The SMILES string of the molecule is CCc1ccc(C(=O)Cc2c(Br)c(CC)nn2CC)cc1. The van der Waals surface area contributed by atoms with E-state index in [1.807, 2.05) is 35.9 Å². The van der Waals surface area contributed by atoms with Crippen LogP contribution in [0.1, 0.15) is 48.1 Å². The summed E-state index contributed by atoms with van der Waals surface area (Å²) in [6.45, 7) is 7.00. The van der Waals surface area contributed by atoms with Crippen LogP contribution in [0.3, 0.4) is 0 Å². The molecule has 0 radical (unpaired) electrons. The van der Waals surface area contributed by atoms with Crippen LogP contribution in [0.15, 0.2) is 28.7 Å². The average Bonchev–Trinajstić information content (AvgIpc) is 2.83. The number of aromatic nitrogens is 2. The Bertz CT molecular complexity index is 629. The second-order valence-corrected chi connectivity index (χ2v) is 5.82. The number of carbonyl (C=O) groups excluding carboxylic acids is 1. The maximum Gasteiger partial charge on any atom is 0.168 e. The van der Waals surface area contributed by atoms with Gasteiger partial charge in [0.1, 0.15) is 0 Å². The number of ketones is 1. The predicted molar refractivity (Wildman–Crippen MR) is 88.8 cm³/mol. The van der Waals surface area contributed by atoms with Gasteiger partial charge in [-0.15, -0.1) is 0 Å². The third kappa shape index (κ3) is 3.43. The molecule has 3 nitrogen and oxygen atoms in total. The van der Waals surface area contributed by atoms with Crippen LogP contribution in [-0.2, 0) is 25.8 Å². The van der Waals surface area contributed by atoms with E-state index in [0.29, 0.717) is 6.42 Å². The zero-order valence-corrected chi connectivity index (χ0v) is 14.4. The topological polar surface area (TPSA) is 34.9 Å². The molecule has 0 aliphatic heterocycles. The zero-order valence-electron chi connectivity index (χ0n) is 12.8. The van der Waals surface area contributed by atoms with Crippen molar-refractivity contribution in [1.82, 2.24) is 9.78 Å². The number of halogens is 1. The molecule has 4 heteroatoms. The number of hydrogen-bond donors (Lipinski definition) is 0. The summed E-state index contributed by atoms with van der Waals surface area (Å²) in [6.07, 6.45) is 2.23. The van der Waals surface area contributed by atoms with Gasteiger partial charge in [-0.05, 0) is 41.3 Å². The molecule has 0 bridgehead atoms. The van der Waals surface area contributed by atoms with Crippen LogP contribution < -0.4 is 0 Å². The van der Waals surface area contributed by atoms with Crippen molar-refractivity contribution >= 4 is 21.7 Å². The van der Waals surface area contributed by atoms with Gasteiger partial charge in [-0.3, -0.25) is 9.48 Å². The first-order valence-corrected chi connectivity index (χ1v) is 8.26. The van der Waals surface area contributed by atoms with Gasteiger partial charge in [-0.25, -0.2) is 0 Å². The van der Waals surface area contributed by atoms with Gasteiger partial charge in [0.15, 0.2) is 5.78 Å². The Hall–Kier alpha value is -1.42. The van der Waals surface area contributed by atoms with Crippen molar-refractivity contribution in [2.75, 3.05) is 0 Å². The second-order valence-electron chi connectivity index (χ2n) is 5.03. The molecular weight excluding hydrogens is 328 g/mol. The maximum atomic E-state index is 12.5. The first kappa shape index (κ1) is 16.0. The fourth-order valence-electron chi connectivity index (χ4n) is 2.37. The Labute approximate surface area is 134 Å². The maximum absolute atomic E-state index is 12.5. The van der Waals surface area contributed by atoms with Crippen molar-refractivity contribution in [2.45, 2.75) is 46.6 Å². The van der Waals surface area contributed by atoms with Gasteiger partial charge in [0, 0.05) is 12.1 Å². The summed E-state index contributed by atoms with van der Waals surface area (Å²) in [5.41, 5.74) is 4.00. The normalized spacial score (nSPS) is 10.9. The Morgan fingerprint density at radius 1 is 1.14 bits per heavy atom. The Kier molecular flexibility index (Phi) is 5.34. The van der Waals surface area contributed by atoms with Crippen molar-refractivity contribution in [3.05, 3.63) is 51.3 Å². The lowest BCUT2D eigenvalue weighted by molar-refractivity contribution is 0.0990. The minimum atomic E-state index is 0.135. The summed E-state index contributed by atoms with van der Waals surface area (Å²) >= 11 is 3.59. The van der Waals surface area contributed by atoms with Crippen molar-refractivity contribution < 1.29 is 4.79 Å². The van der Waals surface area contributed by atoms with E-state index >= 15 is 0 Å². The van der Waals surface area contributed by atoms with Crippen molar-refractivity contribution in [3.63, 3.8) is 0 Å². The molecular formula is C17H21BrN2O. The largest absolute Gasteiger partial charge is 0.294 e. The summed E-state index contributed by atoms with van der Waals surface area (Å²) in [7, 11) is 0. The van der Waals surface area contributed by atoms with E-state index in [4.69, 9.17) is 0 Å². The summed E-state index contributed by atoms with van der Waals surface area (Å²) < 4.78 is 2.90. The van der Waals surface area contributed by atoms with Crippen molar-refractivity contribution in [3.8, 4) is 0 Å². The van der Waals surface area contributed by atoms with Gasteiger partial charge in [0.25, 0.3) is 0 Å². The van der Waals surface area contributed by atoms with E-state index in [2.05, 4.69) is 34.9 Å². The summed E-state index contributed by atoms with van der Waals surface area (Å²) in [5, 5.41) is 4.54. The fourth-order valence-corrected chi connectivity index (χ4v) is 3.07. The van der Waals surface area contributed by atoms with Crippen LogP contribution in [0.25, 0.3) is 0 Å². The first-order valence-electron chi connectivity index (χ1n) is 7.46. The highest BCUT2D eigenvalue weighted by molar-refractivity contribution is 9.10. The van der Waals surface area contributed by atoms with E-state index in [1.165, 1.54) is 5.56 Å². The van der Waals surface area contributed by atoms with Crippen LogP contribution in [0.2, 0.25) is 0 Å². The quantitative estimate of drug-likeness (QED) is 0.732. The molecule has 2 aromatic rings. The molecule has 0 aliphatic rings. The fraction of sp³-hybridized carbons (Fsp3) is 0.412. The number of Topliss-reactive ketones (excluding diaryl/α,β-unsaturated/α-hetero) is 1. The highest BCUT2D eigenvalue weighted by atomic mass is 79.9. The number of aryl methyl sites for hydroxylation is 3. The zero-order chi connectivity index (χ0) is 15.4. The lowest BCUT2D eigenvalue weighted by Crippen LogP contribution is -2.10. The summed E-state index contributed by atoms with van der Waals surface area (Å²) in [5.74, 6) is 0.135. The Morgan fingerprint density at radius 2 is 1.81 bits per heavy atom.